The van der Waals surface area contributed by atoms with Crippen LogP contribution in [0, 0.1) is 12.2 Å². The average Bonchev–Trinajstić information content (AvgIpc) is 3.64. The highest BCUT2D eigenvalue weighted by molar-refractivity contribution is 5.81. The van der Waals surface area contributed by atoms with Crippen LogP contribution in [0.2, 0.25) is 0 Å². The van der Waals surface area contributed by atoms with Gasteiger partial charge in [0, 0.05) is 12.8 Å². The molecule has 4 aromatic rings. The molecule has 0 aliphatic carbocycles. The Morgan fingerprint density at radius 1 is 0.763 bits per heavy atom. The van der Waals surface area contributed by atoms with Crippen molar-refractivity contribution in [3.8, 4) is 0 Å². The Labute approximate surface area is 210 Å². The van der Waals surface area contributed by atoms with Crippen LogP contribution >= 0.6 is 0 Å². The first kappa shape index (κ1) is 25.9. The zero-order valence-electron chi connectivity index (χ0n) is 19.4. The van der Waals surface area contributed by atoms with E-state index in [9.17, 15) is 17.6 Å². The minimum Gasteiger partial charge on any atom is -0.394 e. The number of hydrogen-bond acceptors (Lipinski definition) is 12. The Bertz CT molecular complexity index is 1350. The van der Waals surface area contributed by atoms with Gasteiger partial charge in [-0.15, -0.1) is 0 Å². The summed E-state index contributed by atoms with van der Waals surface area (Å²) in [5, 5.41) is 17.9. The fourth-order valence-electron chi connectivity index (χ4n) is 4.29. The van der Waals surface area contributed by atoms with E-state index in [1.807, 2.05) is 0 Å². The molecule has 0 amide bonds. The third-order valence-electron chi connectivity index (χ3n) is 6.15. The van der Waals surface area contributed by atoms with Gasteiger partial charge in [-0.05, 0) is 0 Å². The van der Waals surface area contributed by atoms with Gasteiger partial charge < -0.3 is 31.2 Å². The predicted molar refractivity (Wildman–Crippen MR) is 120 cm³/mol. The number of halogens is 4. The van der Waals surface area contributed by atoms with Gasteiger partial charge in [-0.2, -0.15) is 28.7 Å². The van der Waals surface area contributed by atoms with Gasteiger partial charge in [0.15, 0.2) is 34.0 Å². The van der Waals surface area contributed by atoms with Crippen LogP contribution in [-0.4, -0.2) is 87.0 Å². The van der Waals surface area contributed by atoms with Crippen molar-refractivity contribution in [2.45, 2.75) is 49.8 Å². The molecule has 2 aliphatic heterocycles. The highest BCUT2D eigenvalue weighted by Crippen LogP contribution is 2.34. The van der Waals surface area contributed by atoms with Crippen molar-refractivity contribution in [2.75, 3.05) is 24.7 Å². The standard InChI is InChI=1S/2C10H11F2N5O2/c2*11-4-1-6(19-5(4)2-18)17-3-14-7-8(13)15-10(12)16-9(7)17/h2*3-6,18H,1-2H2,(H2,13,15,16)/t2*4-,5+,6+/m00/s1. The van der Waals surface area contributed by atoms with E-state index in [1.54, 1.807) is 0 Å². The fraction of sp³-hybridized carbons (Fsp3) is 0.500. The first-order valence-electron chi connectivity index (χ1n) is 11.3. The maximum Gasteiger partial charge on any atom is 0.312 e. The molecule has 0 aromatic carbocycles. The summed E-state index contributed by atoms with van der Waals surface area (Å²) in [6.45, 7) is -0.842. The minimum atomic E-state index is -1.29. The van der Waals surface area contributed by atoms with Crippen LogP contribution in [0.5, 0.6) is 0 Å². The summed E-state index contributed by atoms with van der Waals surface area (Å²) in [6, 6.07) is 0. The lowest BCUT2D eigenvalue weighted by molar-refractivity contribution is -0.0323. The lowest BCUT2D eigenvalue weighted by Crippen LogP contribution is -2.21. The summed E-state index contributed by atoms with van der Waals surface area (Å²) in [4.78, 5) is 21.8. The molecule has 6 atom stereocenters. The second-order valence-corrected chi connectivity index (χ2v) is 8.53. The van der Waals surface area contributed by atoms with E-state index in [0.717, 1.165) is 0 Å². The number of nitrogens with zero attached hydrogens (tertiary/aromatic N) is 8. The number of rotatable bonds is 4. The Morgan fingerprint density at radius 3 is 1.50 bits per heavy atom. The van der Waals surface area contributed by atoms with Crippen molar-refractivity contribution in [1.29, 1.82) is 0 Å². The highest BCUT2D eigenvalue weighted by Gasteiger charge is 2.38. The van der Waals surface area contributed by atoms with Crippen molar-refractivity contribution in [1.82, 2.24) is 39.0 Å². The summed E-state index contributed by atoms with van der Waals surface area (Å²) >= 11 is 0. The summed E-state index contributed by atoms with van der Waals surface area (Å²) in [5.74, 6) is -0.176. The monoisotopic (exact) mass is 542 g/mol. The van der Waals surface area contributed by atoms with Gasteiger partial charge >= 0.3 is 12.2 Å². The average molecular weight is 542 g/mol. The Kier molecular flexibility index (Phi) is 6.95. The number of aliphatic hydroxyl groups is 2. The second-order valence-electron chi connectivity index (χ2n) is 8.53. The highest BCUT2D eigenvalue weighted by atomic mass is 19.1. The lowest BCUT2D eigenvalue weighted by atomic mass is 10.2. The van der Waals surface area contributed by atoms with Crippen molar-refractivity contribution in [2.24, 2.45) is 0 Å². The van der Waals surface area contributed by atoms with Crippen molar-refractivity contribution in [3.63, 3.8) is 0 Å². The number of imidazole rings is 2. The summed E-state index contributed by atoms with van der Waals surface area (Å²) in [5.41, 5.74) is 11.8. The van der Waals surface area contributed by atoms with Crippen LogP contribution in [0.3, 0.4) is 0 Å². The van der Waals surface area contributed by atoms with Crippen LogP contribution in [0.4, 0.5) is 29.2 Å². The van der Waals surface area contributed by atoms with Crippen molar-refractivity contribution >= 4 is 34.0 Å². The van der Waals surface area contributed by atoms with Crippen LogP contribution in [0.15, 0.2) is 12.7 Å². The van der Waals surface area contributed by atoms with E-state index in [2.05, 4.69) is 29.9 Å². The maximum absolute atomic E-state index is 13.5. The van der Waals surface area contributed by atoms with Gasteiger partial charge in [-0.1, -0.05) is 0 Å². The Hall–Kier alpha value is -3.74. The quantitative estimate of drug-likeness (QED) is 0.204. The van der Waals surface area contributed by atoms with E-state index >= 15 is 0 Å². The second kappa shape index (κ2) is 10.2. The van der Waals surface area contributed by atoms with Gasteiger partial charge in [0.05, 0.1) is 25.9 Å². The Morgan fingerprint density at radius 2 is 1.16 bits per heavy atom. The molecule has 38 heavy (non-hydrogen) atoms. The molecular formula is C20H22F4N10O4. The molecule has 2 aliphatic rings. The number of fused-ring (bicyclic) bond motifs is 2. The van der Waals surface area contributed by atoms with Crippen LogP contribution in [-0.2, 0) is 9.47 Å². The van der Waals surface area contributed by atoms with E-state index in [1.165, 1.54) is 21.8 Å². The minimum absolute atomic E-state index is 0.0300. The molecule has 4 aromatic heterocycles. The number of nitrogen functional groups attached to an aromatic ring is 2. The van der Waals surface area contributed by atoms with Crippen LogP contribution in [0.1, 0.15) is 25.3 Å². The molecule has 18 heteroatoms. The Balaban J connectivity index is 0.000000155. The van der Waals surface area contributed by atoms with Crippen LogP contribution < -0.4 is 11.5 Å². The van der Waals surface area contributed by atoms with Gasteiger partial charge in [0.2, 0.25) is 0 Å². The number of ether oxygens (including phenoxy) is 2. The molecule has 6 N–H and O–H groups in total. The lowest BCUT2D eigenvalue weighted by Gasteiger charge is -2.13. The third-order valence-corrected chi connectivity index (χ3v) is 6.15. The predicted octanol–water partition coefficient (Wildman–Crippen LogP) is 0.331. The zero-order chi connectivity index (χ0) is 27.1. The number of anilines is 2. The summed E-state index contributed by atoms with van der Waals surface area (Å²) < 4.78 is 66.8. The molecule has 14 nitrogen and oxygen atoms in total. The topological polar surface area (TPSA) is 198 Å². The smallest absolute Gasteiger partial charge is 0.312 e. The number of aliphatic hydroxyl groups excluding tert-OH is 2. The largest absolute Gasteiger partial charge is 0.394 e. The third kappa shape index (κ3) is 4.66. The molecule has 2 saturated heterocycles. The van der Waals surface area contributed by atoms with E-state index < -0.39 is 62.4 Å². The van der Waals surface area contributed by atoms with Crippen molar-refractivity contribution < 1.29 is 37.2 Å². The van der Waals surface area contributed by atoms with E-state index in [4.69, 9.17) is 31.2 Å². The molecule has 0 saturated carbocycles. The number of aromatic nitrogens is 8. The molecular weight excluding hydrogens is 520 g/mol. The van der Waals surface area contributed by atoms with E-state index in [0.29, 0.717) is 0 Å². The SMILES string of the molecule is Nc1nc(F)nc2c1ncn2[C@H]1C[C@H](F)[C@@H](CO)O1.Nc1nc(F)nc2c1ncn2[C@H]1C[C@H](F)[C@@H](CO)O1. The first-order chi connectivity index (χ1) is 18.2. The van der Waals surface area contributed by atoms with Gasteiger partial charge in [-0.25, -0.2) is 18.7 Å². The summed E-state index contributed by atoms with van der Waals surface area (Å²) in [7, 11) is 0. The van der Waals surface area contributed by atoms with Gasteiger partial charge in [-0.3, -0.25) is 9.13 Å². The van der Waals surface area contributed by atoms with Gasteiger partial charge in [0.25, 0.3) is 0 Å². The first-order valence-corrected chi connectivity index (χ1v) is 11.3. The molecule has 6 rings (SSSR count). The molecule has 0 spiro atoms. The number of nitrogens with two attached hydrogens (primary N) is 2. The number of hydrogen-bond donors (Lipinski definition) is 4. The molecule has 204 valence electrons. The number of alkyl halides is 2. The maximum atomic E-state index is 13.5. The van der Waals surface area contributed by atoms with Gasteiger partial charge in [0.1, 0.15) is 37.0 Å². The van der Waals surface area contributed by atoms with E-state index in [-0.39, 0.29) is 46.8 Å². The summed E-state index contributed by atoms with van der Waals surface area (Å²) in [6.07, 6.45) is -5.02. The molecule has 0 radical (unpaired) electrons. The zero-order valence-corrected chi connectivity index (χ0v) is 19.4. The fourth-order valence-corrected chi connectivity index (χ4v) is 4.29. The molecule has 0 unspecified atom stereocenters. The molecule has 0 bridgehead atoms. The molecule has 2 fully saturated rings. The normalized spacial score (nSPS) is 27.2. The molecule has 6 heterocycles. The van der Waals surface area contributed by atoms with Crippen LogP contribution in [0.25, 0.3) is 22.3 Å². The van der Waals surface area contributed by atoms with Crippen molar-refractivity contribution in [3.05, 3.63) is 24.8 Å².